The molecule has 0 saturated heterocycles. The van der Waals surface area contributed by atoms with Crippen LogP contribution in [-0.2, 0) is 4.79 Å². The van der Waals surface area contributed by atoms with E-state index in [1.807, 2.05) is 24.3 Å². The molecule has 0 radical (unpaired) electrons. The van der Waals surface area contributed by atoms with Crippen molar-refractivity contribution in [3.63, 3.8) is 0 Å². The summed E-state index contributed by atoms with van der Waals surface area (Å²) >= 11 is 1.29. The molecule has 1 saturated carbocycles. The zero-order valence-corrected chi connectivity index (χ0v) is 16.1. The molecule has 1 fully saturated rings. The number of benzene rings is 1. The van der Waals surface area contributed by atoms with Gasteiger partial charge in [-0.05, 0) is 49.2 Å². The van der Waals surface area contributed by atoms with Gasteiger partial charge in [-0.2, -0.15) is 5.10 Å². The van der Waals surface area contributed by atoms with Crippen molar-refractivity contribution in [1.82, 2.24) is 14.8 Å². The van der Waals surface area contributed by atoms with E-state index < -0.39 is 0 Å². The fourth-order valence-electron chi connectivity index (χ4n) is 3.35. The molecule has 1 aliphatic rings. The van der Waals surface area contributed by atoms with E-state index in [1.54, 1.807) is 23.1 Å². The predicted molar refractivity (Wildman–Crippen MR) is 109 cm³/mol. The van der Waals surface area contributed by atoms with Gasteiger partial charge in [-0.3, -0.25) is 9.59 Å². The first-order chi connectivity index (χ1) is 13.7. The highest BCUT2D eigenvalue weighted by atomic mass is 32.1. The van der Waals surface area contributed by atoms with Gasteiger partial charge in [0.15, 0.2) is 0 Å². The fraction of sp³-hybridized carbons (Fsp3) is 0.300. The number of amides is 2. The van der Waals surface area contributed by atoms with Gasteiger partial charge in [-0.1, -0.05) is 19.3 Å². The predicted octanol–water partition coefficient (Wildman–Crippen LogP) is 4.10. The lowest BCUT2D eigenvalue weighted by atomic mass is 9.89. The Morgan fingerprint density at radius 3 is 2.50 bits per heavy atom. The molecule has 8 heteroatoms. The molecule has 1 aliphatic carbocycles. The molecule has 28 heavy (non-hydrogen) atoms. The highest BCUT2D eigenvalue weighted by Gasteiger charge is 2.21. The molecule has 0 aliphatic heterocycles. The quantitative estimate of drug-likeness (QED) is 0.681. The van der Waals surface area contributed by atoms with Gasteiger partial charge in [0.05, 0.1) is 15.6 Å². The molecule has 144 valence electrons. The summed E-state index contributed by atoms with van der Waals surface area (Å²) in [5.74, 6) is -0.0366. The average Bonchev–Trinajstić information content (AvgIpc) is 3.41. The summed E-state index contributed by atoms with van der Waals surface area (Å²) in [7, 11) is 0. The van der Waals surface area contributed by atoms with Crippen molar-refractivity contribution in [2.45, 2.75) is 32.1 Å². The monoisotopic (exact) mass is 395 g/mol. The van der Waals surface area contributed by atoms with Crippen molar-refractivity contribution in [3.05, 3.63) is 53.9 Å². The van der Waals surface area contributed by atoms with Crippen LogP contribution in [-0.4, -0.2) is 26.6 Å². The molecule has 0 atom stereocenters. The zero-order valence-electron chi connectivity index (χ0n) is 15.3. The highest BCUT2D eigenvalue weighted by molar-refractivity contribution is 7.18. The van der Waals surface area contributed by atoms with Crippen molar-refractivity contribution in [2.75, 3.05) is 10.6 Å². The third-order valence-electron chi connectivity index (χ3n) is 4.86. The summed E-state index contributed by atoms with van der Waals surface area (Å²) in [6.07, 6.45) is 8.44. The molecule has 0 spiro atoms. The molecule has 0 unspecified atom stereocenters. The Morgan fingerprint density at radius 1 is 1.00 bits per heavy atom. The van der Waals surface area contributed by atoms with Gasteiger partial charge in [0.1, 0.15) is 12.7 Å². The standard InChI is InChI=1S/C20H21N5O2S/c26-19(14-4-2-1-3-5-14)24-18-11-10-17(28-18)20(27)23-15-6-8-16(9-7-15)25-13-21-12-22-25/h6-14H,1-5H2,(H,23,27)(H,24,26). The zero-order chi connectivity index (χ0) is 19.3. The first-order valence-corrected chi connectivity index (χ1v) is 10.2. The fourth-order valence-corrected chi connectivity index (χ4v) is 4.15. The third kappa shape index (κ3) is 4.28. The summed E-state index contributed by atoms with van der Waals surface area (Å²) in [4.78, 5) is 29.3. The van der Waals surface area contributed by atoms with E-state index in [0.717, 1.165) is 31.4 Å². The Hall–Kier alpha value is -3.00. The van der Waals surface area contributed by atoms with E-state index >= 15 is 0 Å². The molecule has 2 amide bonds. The maximum atomic E-state index is 12.5. The summed E-state index contributed by atoms with van der Waals surface area (Å²) in [5.41, 5.74) is 1.55. The average molecular weight is 395 g/mol. The van der Waals surface area contributed by atoms with Crippen molar-refractivity contribution < 1.29 is 9.59 Å². The molecular formula is C20H21N5O2S. The number of hydrogen-bond donors (Lipinski definition) is 2. The lowest BCUT2D eigenvalue weighted by molar-refractivity contribution is -0.120. The lowest BCUT2D eigenvalue weighted by Crippen LogP contribution is -2.24. The normalized spacial score (nSPS) is 14.6. The molecule has 3 aromatic rings. The van der Waals surface area contributed by atoms with E-state index in [0.29, 0.717) is 15.6 Å². The Kier molecular flexibility index (Phi) is 5.48. The first-order valence-electron chi connectivity index (χ1n) is 9.36. The van der Waals surface area contributed by atoms with Gasteiger partial charge >= 0.3 is 0 Å². The molecule has 2 aromatic heterocycles. The number of hydrogen-bond acceptors (Lipinski definition) is 5. The molecule has 1 aromatic carbocycles. The van der Waals surface area contributed by atoms with Gasteiger partial charge in [-0.15, -0.1) is 11.3 Å². The van der Waals surface area contributed by atoms with Gasteiger partial charge in [0.2, 0.25) is 5.91 Å². The van der Waals surface area contributed by atoms with Crippen LogP contribution in [0.15, 0.2) is 49.1 Å². The van der Waals surface area contributed by atoms with Crippen molar-refractivity contribution in [1.29, 1.82) is 0 Å². The van der Waals surface area contributed by atoms with E-state index in [2.05, 4.69) is 20.7 Å². The van der Waals surface area contributed by atoms with Crippen molar-refractivity contribution in [2.24, 2.45) is 5.92 Å². The summed E-state index contributed by atoms with van der Waals surface area (Å²) in [6.45, 7) is 0. The second kappa shape index (κ2) is 8.35. The van der Waals surface area contributed by atoms with Gasteiger partial charge in [-0.25, -0.2) is 9.67 Å². The van der Waals surface area contributed by atoms with Crippen LogP contribution < -0.4 is 10.6 Å². The van der Waals surface area contributed by atoms with E-state index in [1.165, 1.54) is 24.1 Å². The highest BCUT2D eigenvalue weighted by Crippen LogP contribution is 2.28. The van der Waals surface area contributed by atoms with Crippen LogP contribution in [0.4, 0.5) is 10.7 Å². The largest absolute Gasteiger partial charge is 0.321 e. The Bertz CT molecular complexity index is 943. The molecule has 7 nitrogen and oxygen atoms in total. The number of aromatic nitrogens is 3. The lowest BCUT2D eigenvalue weighted by Gasteiger charge is -2.20. The number of anilines is 2. The molecule has 2 N–H and O–H groups in total. The topological polar surface area (TPSA) is 88.9 Å². The number of carbonyl (C=O) groups excluding carboxylic acids is 2. The minimum Gasteiger partial charge on any atom is -0.321 e. The second-order valence-corrected chi connectivity index (χ2v) is 7.91. The molecule has 2 heterocycles. The third-order valence-corrected chi connectivity index (χ3v) is 5.86. The van der Waals surface area contributed by atoms with E-state index in [4.69, 9.17) is 0 Å². The second-order valence-electron chi connectivity index (χ2n) is 6.83. The van der Waals surface area contributed by atoms with Crippen LogP contribution in [0.2, 0.25) is 0 Å². The first kappa shape index (κ1) is 18.4. The molecular weight excluding hydrogens is 374 g/mol. The minimum absolute atomic E-state index is 0.0669. The molecule has 4 rings (SSSR count). The minimum atomic E-state index is -0.198. The van der Waals surface area contributed by atoms with Crippen molar-refractivity contribution >= 4 is 33.8 Å². The summed E-state index contributed by atoms with van der Waals surface area (Å²) < 4.78 is 1.64. The number of nitrogens with zero attached hydrogens (tertiary/aromatic N) is 3. The van der Waals surface area contributed by atoms with Crippen LogP contribution in [0, 0.1) is 5.92 Å². The van der Waals surface area contributed by atoms with Crippen molar-refractivity contribution in [3.8, 4) is 5.69 Å². The van der Waals surface area contributed by atoms with Gasteiger partial charge in [0.25, 0.3) is 5.91 Å². The Balaban J connectivity index is 1.35. The van der Waals surface area contributed by atoms with Crippen LogP contribution in [0.1, 0.15) is 41.8 Å². The summed E-state index contributed by atoms with van der Waals surface area (Å²) in [6, 6.07) is 10.9. The summed E-state index contributed by atoms with van der Waals surface area (Å²) in [5, 5.41) is 10.6. The van der Waals surface area contributed by atoms with Crippen LogP contribution in [0.5, 0.6) is 0 Å². The maximum absolute atomic E-state index is 12.5. The van der Waals surface area contributed by atoms with Crippen LogP contribution in [0.25, 0.3) is 5.69 Å². The maximum Gasteiger partial charge on any atom is 0.265 e. The number of rotatable bonds is 5. The van der Waals surface area contributed by atoms with E-state index in [-0.39, 0.29) is 17.7 Å². The molecule has 0 bridgehead atoms. The van der Waals surface area contributed by atoms with Crippen LogP contribution in [0.3, 0.4) is 0 Å². The Morgan fingerprint density at radius 2 is 1.79 bits per heavy atom. The number of thiophene rings is 1. The SMILES string of the molecule is O=C(Nc1ccc(-n2cncn2)cc1)c1ccc(NC(=O)C2CCCCC2)s1. The smallest absolute Gasteiger partial charge is 0.265 e. The number of carbonyl (C=O) groups is 2. The van der Waals surface area contributed by atoms with E-state index in [9.17, 15) is 9.59 Å². The van der Waals surface area contributed by atoms with Crippen LogP contribution >= 0.6 is 11.3 Å². The Labute approximate surface area is 166 Å². The number of nitrogens with one attached hydrogen (secondary N) is 2. The van der Waals surface area contributed by atoms with Gasteiger partial charge < -0.3 is 10.6 Å². The van der Waals surface area contributed by atoms with Gasteiger partial charge in [0, 0.05) is 11.6 Å².